The van der Waals surface area contributed by atoms with E-state index in [0.29, 0.717) is 0 Å². The Morgan fingerprint density at radius 2 is 1.35 bits per heavy atom. The van der Waals surface area contributed by atoms with Gasteiger partial charge in [0.05, 0.1) is 10.9 Å². The molecule has 0 aromatic heterocycles. The molecule has 126 valence electrons. The minimum atomic E-state index is -2.97. The van der Waals surface area contributed by atoms with Crippen LogP contribution in [-0.4, -0.2) is 38.6 Å². The Bertz CT molecular complexity index is 609. The molecule has 2 N–H and O–H groups in total. The number of benzene rings is 1. The molecule has 0 heterocycles. The molecule has 0 radical (unpaired) electrons. The predicted octanol–water partition coefficient (Wildman–Crippen LogP) is -12.9. The molecule has 0 amide bonds. The fourth-order valence-corrected chi connectivity index (χ4v) is 1.30. The first-order valence-corrected chi connectivity index (χ1v) is 5.75. The number of aromatic hydroxyl groups is 1. The number of carbonyl (C=O) groups excluding carboxylic acids is 3. The van der Waals surface area contributed by atoms with E-state index in [0.717, 1.165) is 0 Å². The number of carbonyl (C=O) groups is 3. The Balaban J connectivity index is -0.000000170. The number of rotatable bonds is 6. The second-order valence-corrected chi connectivity index (χ2v) is 4.16. The normalized spacial score (nSPS) is 8.96. The molecule has 26 heavy (non-hydrogen) atoms. The van der Waals surface area contributed by atoms with Crippen LogP contribution < -0.4 is 104 Å². The van der Waals surface area contributed by atoms with Gasteiger partial charge in [-0.2, -0.15) is 0 Å². The molecule has 0 aliphatic carbocycles. The Morgan fingerprint density at radius 1 is 0.962 bits per heavy atom. The van der Waals surface area contributed by atoms with Crippen LogP contribution in [0.4, 0.5) is 5.69 Å². The number of nitrogens with zero attached hydrogens (tertiary/aromatic N) is 1. The van der Waals surface area contributed by atoms with Crippen LogP contribution in [0.15, 0.2) is 24.3 Å². The van der Waals surface area contributed by atoms with Crippen molar-refractivity contribution in [2.24, 2.45) is 0 Å². The first kappa shape index (κ1) is 33.4. The molecule has 1 rings (SSSR count). The standard InChI is InChI=1S/C6H5NO3.C6H8O7.3Na/c8-6-4-2-1-3-5(6)7(9)10;7-3(8)1-6(13,5(11)12)2-4(9)10;;;/h1-4,8H;13H,1-2H2,(H,7,8)(H,9,10)(H,11,12);;;/q;;3*+1/p-3. The first-order valence-electron chi connectivity index (χ1n) is 5.75. The van der Waals surface area contributed by atoms with E-state index in [-0.39, 0.29) is 100 Å². The van der Waals surface area contributed by atoms with Gasteiger partial charge in [0.2, 0.25) is 0 Å². The third-order valence-corrected chi connectivity index (χ3v) is 2.33. The number of carboxylic acids is 3. The first-order chi connectivity index (χ1) is 10.5. The van der Waals surface area contributed by atoms with E-state index in [1.165, 1.54) is 24.3 Å². The van der Waals surface area contributed by atoms with E-state index in [9.17, 15) is 39.8 Å². The minimum absolute atomic E-state index is 0. The van der Waals surface area contributed by atoms with Gasteiger partial charge < -0.3 is 39.9 Å². The molecule has 0 saturated heterocycles. The van der Waals surface area contributed by atoms with Gasteiger partial charge in [-0.05, 0) is 6.07 Å². The largest absolute Gasteiger partial charge is 1.00 e. The molecular formula is C12H10NNa3O10. The van der Waals surface area contributed by atoms with Gasteiger partial charge in [0.15, 0.2) is 5.75 Å². The number of hydrogen-bond donors (Lipinski definition) is 2. The fourth-order valence-electron chi connectivity index (χ4n) is 1.30. The maximum atomic E-state index is 10.1. The summed E-state index contributed by atoms with van der Waals surface area (Å²) < 4.78 is 0. The number of para-hydroxylation sites is 2. The maximum absolute atomic E-state index is 10.1. The number of phenolic OH excluding ortho intramolecular Hbond substituents is 1. The molecule has 0 aliphatic rings. The van der Waals surface area contributed by atoms with E-state index < -0.39 is 41.3 Å². The number of phenols is 1. The van der Waals surface area contributed by atoms with Gasteiger partial charge in [-0.15, -0.1) is 0 Å². The van der Waals surface area contributed by atoms with Crippen LogP contribution in [0.1, 0.15) is 12.8 Å². The van der Waals surface area contributed by atoms with Crippen LogP contribution in [0.5, 0.6) is 5.75 Å². The van der Waals surface area contributed by atoms with Crippen LogP contribution in [0, 0.1) is 10.1 Å². The summed E-state index contributed by atoms with van der Waals surface area (Å²) in [5, 5.41) is 57.8. The van der Waals surface area contributed by atoms with Crippen LogP contribution in [0.2, 0.25) is 0 Å². The van der Waals surface area contributed by atoms with E-state index in [2.05, 4.69) is 0 Å². The van der Waals surface area contributed by atoms with Crippen molar-refractivity contribution >= 4 is 23.6 Å². The summed E-state index contributed by atoms with van der Waals surface area (Å²) in [6.45, 7) is 0. The van der Waals surface area contributed by atoms with Gasteiger partial charge in [0.1, 0.15) is 5.60 Å². The number of nitro benzene ring substituents is 1. The number of nitro groups is 1. The van der Waals surface area contributed by atoms with Crippen molar-refractivity contribution in [2.45, 2.75) is 18.4 Å². The van der Waals surface area contributed by atoms with Crippen LogP contribution in [-0.2, 0) is 14.4 Å². The van der Waals surface area contributed by atoms with Crippen molar-refractivity contribution in [1.82, 2.24) is 0 Å². The summed E-state index contributed by atoms with van der Waals surface area (Å²) in [6, 6.07) is 5.55. The second-order valence-electron chi connectivity index (χ2n) is 4.16. The Morgan fingerprint density at radius 3 is 1.58 bits per heavy atom. The summed E-state index contributed by atoms with van der Waals surface area (Å²) in [6.07, 6.45) is -2.72. The molecule has 0 atom stereocenters. The van der Waals surface area contributed by atoms with Gasteiger partial charge in [-0.3, -0.25) is 10.1 Å². The summed E-state index contributed by atoms with van der Waals surface area (Å²) in [7, 11) is 0. The molecular weight excluding hydrogens is 387 g/mol. The average molecular weight is 397 g/mol. The molecule has 0 fully saturated rings. The molecule has 0 aliphatic heterocycles. The third-order valence-electron chi connectivity index (χ3n) is 2.33. The second kappa shape index (κ2) is 15.8. The third kappa shape index (κ3) is 13.0. The van der Waals surface area contributed by atoms with Gasteiger partial charge in [0, 0.05) is 30.8 Å². The van der Waals surface area contributed by atoms with Gasteiger partial charge in [-0.25, -0.2) is 0 Å². The average Bonchev–Trinajstić information content (AvgIpc) is 2.37. The molecule has 1 aromatic carbocycles. The predicted molar refractivity (Wildman–Crippen MR) is 64.0 cm³/mol. The quantitative estimate of drug-likeness (QED) is 0.263. The molecule has 0 bridgehead atoms. The monoisotopic (exact) mass is 397 g/mol. The van der Waals surface area contributed by atoms with Crippen LogP contribution in [0.25, 0.3) is 0 Å². The van der Waals surface area contributed by atoms with E-state index in [1.807, 2.05) is 0 Å². The summed E-state index contributed by atoms with van der Waals surface area (Å²) in [4.78, 5) is 39.4. The molecule has 11 nitrogen and oxygen atoms in total. The van der Waals surface area contributed by atoms with Crippen molar-refractivity contribution in [3.8, 4) is 5.75 Å². The van der Waals surface area contributed by atoms with Gasteiger partial charge >= 0.3 is 94.4 Å². The maximum Gasteiger partial charge on any atom is 1.00 e. The molecule has 0 saturated carbocycles. The number of carboxylic acid groups (broad SMARTS) is 3. The van der Waals surface area contributed by atoms with Crippen molar-refractivity contribution in [3.63, 3.8) is 0 Å². The molecule has 1 aromatic rings. The van der Waals surface area contributed by atoms with Crippen LogP contribution >= 0.6 is 0 Å². The fraction of sp³-hybridized carbons (Fsp3) is 0.250. The van der Waals surface area contributed by atoms with Crippen LogP contribution in [0.3, 0.4) is 0 Å². The van der Waals surface area contributed by atoms with Crippen molar-refractivity contribution in [2.75, 3.05) is 0 Å². The van der Waals surface area contributed by atoms with Gasteiger partial charge in [0.25, 0.3) is 0 Å². The SMILES string of the molecule is O=C([O-])CC(O)(CC(=O)[O-])C(=O)[O-].O=[N+]([O-])c1ccccc1O.[Na+].[Na+].[Na+]. The van der Waals surface area contributed by atoms with E-state index in [1.54, 1.807) is 0 Å². The zero-order valence-electron chi connectivity index (χ0n) is 14.3. The Kier molecular flexibility index (Phi) is 20.3. The van der Waals surface area contributed by atoms with Crippen molar-refractivity contribution in [1.29, 1.82) is 0 Å². The summed E-state index contributed by atoms with van der Waals surface area (Å²) in [5.41, 5.74) is -3.24. The summed E-state index contributed by atoms with van der Waals surface area (Å²) in [5.74, 6) is -6.28. The van der Waals surface area contributed by atoms with E-state index >= 15 is 0 Å². The van der Waals surface area contributed by atoms with E-state index in [4.69, 9.17) is 10.2 Å². The smallest absolute Gasteiger partial charge is 0.550 e. The summed E-state index contributed by atoms with van der Waals surface area (Å²) >= 11 is 0. The molecule has 0 spiro atoms. The van der Waals surface area contributed by atoms with Crippen molar-refractivity contribution in [3.05, 3.63) is 34.4 Å². The number of aliphatic hydroxyl groups is 1. The Hall–Kier alpha value is -0.210. The zero-order chi connectivity index (χ0) is 18.2. The Labute approximate surface area is 213 Å². The van der Waals surface area contributed by atoms with Crippen molar-refractivity contribution < 1.29 is 134 Å². The minimum Gasteiger partial charge on any atom is -0.550 e. The topological polar surface area (TPSA) is 204 Å². The number of aliphatic carboxylic acids is 3. The number of hydrogen-bond acceptors (Lipinski definition) is 10. The zero-order valence-corrected chi connectivity index (χ0v) is 20.3. The molecule has 14 heteroatoms. The van der Waals surface area contributed by atoms with Gasteiger partial charge in [-0.1, -0.05) is 12.1 Å². The molecule has 0 unspecified atom stereocenters.